The summed E-state index contributed by atoms with van der Waals surface area (Å²) in [6.07, 6.45) is 9.60. The van der Waals surface area contributed by atoms with E-state index in [9.17, 15) is 9.59 Å². The molecule has 0 saturated carbocycles. The van der Waals surface area contributed by atoms with Gasteiger partial charge in [-0.3, -0.25) is 9.59 Å². The van der Waals surface area contributed by atoms with Crippen LogP contribution in [0.15, 0.2) is 84.9 Å². The smallest absolute Gasteiger partial charge is 0.243 e. The summed E-state index contributed by atoms with van der Waals surface area (Å²) in [7, 11) is 0. The van der Waals surface area contributed by atoms with Crippen molar-refractivity contribution in [3.05, 3.63) is 90.5 Å². The molecule has 0 bridgehead atoms. The van der Waals surface area contributed by atoms with Crippen molar-refractivity contribution in [2.75, 3.05) is 44.2 Å². The molecule has 0 radical (unpaired) electrons. The molecule has 3 aromatic rings. The normalized spacial score (nSPS) is 17.4. The Balaban J connectivity index is 1.25. The Labute approximate surface area is 251 Å². The number of piperidine rings is 2. The number of rotatable bonds is 13. The molecule has 2 saturated heterocycles. The maximum absolute atomic E-state index is 13.7. The lowest BCUT2D eigenvalue weighted by Crippen LogP contribution is -2.48. The Hall–Kier alpha value is -3.48. The van der Waals surface area contributed by atoms with Crippen molar-refractivity contribution < 1.29 is 9.59 Å². The van der Waals surface area contributed by atoms with Gasteiger partial charge in [0.2, 0.25) is 12.3 Å². The van der Waals surface area contributed by atoms with Crippen LogP contribution in [0.25, 0.3) is 11.1 Å². The third-order valence-corrected chi connectivity index (χ3v) is 8.99. The number of benzene rings is 3. The molecular formula is C36H46N4O2. The number of carbonyl (C=O) groups excluding carboxylic acids is 2. The molecule has 0 aliphatic carbocycles. The summed E-state index contributed by atoms with van der Waals surface area (Å²) in [6, 6.07) is 28.3. The molecule has 2 amide bonds. The van der Waals surface area contributed by atoms with E-state index in [2.05, 4.69) is 27.2 Å². The molecular weight excluding hydrogens is 520 g/mol. The number of amides is 2. The summed E-state index contributed by atoms with van der Waals surface area (Å²) >= 11 is 0. The number of carbonyl (C=O) groups is 2. The molecule has 2 aliphatic heterocycles. The van der Waals surface area contributed by atoms with E-state index in [-0.39, 0.29) is 5.91 Å². The van der Waals surface area contributed by atoms with Crippen molar-refractivity contribution in [1.82, 2.24) is 15.1 Å². The fourth-order valence-electron chi connectivity index (χ4n) is 6.65. The van der Waals surface area contributed by atoms with Crippen molar-refractivity contribution in [2.45, 2.75) is 63.5 Å². The van der Waals surface area contributed by atoms with Gasteiger partial charge in [-0.1, -0.05) is 85.3 Å². The predicted molar refractivity (Wildman–Crippen MR) is 171 cm³/mol. The lowest BCUT2D eigenvalue weighted by Gasteiger charge is -2.40. The lowest BCUT2D eigenvalue weighted by molar-refractivity contribution is -0.124. The van der Waals surface area contributed by atoms with Gasteiger partial charge in [-0.2, -0.15) is 0 Å². The summed E-state index contributed by atoms with van der Waals surface area (Å²) in [6.45, 7) is 6.24. The van der Waals surface area contributed by atoms with E-state index in [1.165, 1.54) is 50.8 Å². The van der Waals surface area contributed by atoms with Crippen molar-refractivity contribution >= 4 is 18.0 Å². The number of likely N-dealkylation sites (tertiary alicyclic amines) is 2. The van der Waals surface area contributed by atoms with Gasteiger partial charge in [0.15, 0.2) is 0 Å². The van der Waals surface area contributed by atoms with Crippen LogP contribution in [0.3, 0.4) is 0 Å². The quantitative estimate of drug-likeness (QED) is 0.267. The van der Waals surface area contributed by atoms with Crippen LogP contribution in [0.4, 0.5) is 5.69 Å². The predicted octanol–water partition coefficient (Wildman–Crippen LogP) is 5.77. The highest BCUT2D eigenvalue weighted by Gasteiger charge is 2.29. The number of nitrogens with one attached hydrogen (secondary N) is 1. The number of nitrogens with zero attached hydrogens (tertiary/aromatic N) is 3. The van der Waals surface area contributed by atoms with Crippen molar-refractivity contribution in [3.63, 3.8) is 0 Å². The molecule has 6 nitrogen and oxygen atoms in total. The van der Waals surface area contributed by atoms with E-state index in [0.29, 0.717) is 13.0 Å². The van der Waals surface area contributed by atoms with Gasteiger partial charge in [-0.05, 0) is 94.9 Å². The first-order chi connectivity index (χ1) is 20.7. The van der Waals surface area contributed by atoms with Gasteiger partial charge >= 0.3 is 0 Å². The van der Waals surface area contributed by atoms with Gasteiger partial charge in [0.1, 0.15) is 6.04 Å². The SMILES string of the molecule is O=CN(c1ccccc1-c1ccccc1)[C@@H](CCCN1CCC(N2CCCCC2)CC1)C(=O)NCCc1ccccc1. The van der Waals surface area contributed by atoms with Gasteiger partial charge in [-0.15, -0.1) is 0 Å². The third kappa shape index (κ3) is 8.08. The van der Waals surface area contributed by atoms with Gasteiger partial charge in [0.05, 0.1) is 5.69 Å². The molecule has 6 heteroatoms. The molecule has 1 atom stereocenters. The number of hydrogen-bond acceptors (Lipinski definition) is 4. The molecule has 222 valence electrons. The molecule has 2 aliphatic rings. The Bertz CT molecular complexity index is 1240. The Morgan fingerprint density at radius 1 is 0.857 bits per heavy atom. The van der Waals surface area contributed by atoms with Gasteiger partial charge in [0.25, 0.3) is 0 Å². The minimum Gasteiger partial charge on any atom is -0.354 e. The first-order valence-corrected chi connectivity index (χ1v) is 15.9. The molecule has 0 unspecified atom stereocenters. The van der Waals surface area contributed by atoms with Crippen LogP contribution in [-0.2, 0) is 16.0 Å². The van der Waals surface area contributed by atoms with Crippen LogP contribution in [-0.4, -0.2) is 73.5 Å². The number of para-hydroxylation sites is 1. The highest BCUT2D eigenvalue weighted by molar-refractivity contribution is 5.95. The Kier molecular flexibility index (Phi) is 11.2. The van der Waals surface area contributed by atoms with Crippen LogP contribution in [0.2, 0.25) is 0 Å². The van der Waals surface area contributed by atoms with Crippen molar-refractivity contribution in [3.8, 4) is 11.1 Å². The van der Waals surface area contributed by atoms with Crippen LogP contribution < -0.4 is 10.2 Å². The molecule has 3 aromatic carbocycles. The van der Waals surface area contributed by atoms with E-state index in [1.54, 1.807) is 4.90 Å². The third-order valence-electron chi connectivity index (χ3n) is 8.99. The van der Waals surface area contributed by atoms with E-state index in [1.807, 2.05) is 72.8 Å². The second-order valence-corrected chi connectivity index (χ2v) is 11.7. The fourth-order valence-corrected chi connectivity index (χ4v) is 6.65. The van der Waals surface area contributed by atoms with Gasteiger partial charge in [-0.25, -0.2) is 0 Å². The molecule has 2 heterocycles. The summed E-state index contributed by atoms with van der Waals surface area (Å²) < 4.78 is 0. The topological polar surface area (TPSA) is 55.9 Å². The van der Waals surface area contributed by atoms with E-state index < -0.39 is 6.04 Å². The van der Waals surface area contributed by atoms with Gasteiger partial charge < -0.3 is 20.0 Å². The average molecular weight is 567 g/mol. The first kappa shape index (κ1) is 30.0. The Morgan fingerprint density at radius 3 is 2.24 bits per heavy atom. The molecule has 42 heavy (non-hydrogen) atoms. The first-order valence-electron chi connectivity index (χ1n) is 15.9. The largest absolute Gasteiger partial charge is 0.354 e. The summed E-state index contributed by atoms with van der Waals surface area (Å²) in [5, 5.41) is 3.15. The molecule has 0 spiro atoms. The van der Waals surface area contributed by atoms with Crippen LogP contribution >= 0.6 is 0 Å². The van der Waals surface area contributed by atoms with Crippen molar-refractivity contribution in [1.29, 1.82) is 0 Å². The van der Waals surface area contributed by atoms with E-state index in [4.69, 9.17) is 0 Å². The second-order valence-electron chi connectivity index (χ2n) is 11.7. The zero-order chi connectivity index (χ0) is 29.0. The Morgan fingerprint density at radius 2 is 1.52 bits per heavy atom. The fraction of sp³-hybridized carbons (Fsp3) is 0.444. The number of anilines is 1. The van der Waals surface area contributed by atoms with Crippen LogP contribution in [0.5, 0.6) is 0 Å². The molecule has 2 fully saturated rings. The highest BCUT2D eigenvalue weighted by atomic mass is 16.2. The summed E-state index contributed by atoms with van der Waals surface area (Å²) in [4.78, 5) is 33.4. The molecule has 1 N–H and O–H groups in total. The summed E-state index contributed by atoms with van der Waals surface area (Å²) in [5.41, 5.74) is 3.93. The minimum absolute atomic E-state index is 0.0929. The van der Waals surface area contributed by atoms with Crippen LogP contribution in [0.1, 0.15) is 50.5 Å². The van der Waals surface area contributed by atoms with E-state index in [0.717, 1.165) is 61.7 Å². The minimum atomic E-state index is -0.575. The summed E-state index contributed by atoms with van der Waals surface area (Å²) in [5.74, 6) is -0.0929. The number of hydrogen-bond donors (Lipinski definition) is 1. The molecule has 5 rings (SSSR count). The second kappa shape index (κ2) is 15.7. The standard InChI is InChI=1S/C36H46N4O2/c41-29-40(34-18-9-8-17-33(34)31-15-6-2-7-16-31)35(36(42)37-23-20-30-13-4-1-5-14-30)19-12-24-38-27-21-32(22-28-38)39-25-10-3-11-26-39/h1-2,4-9,13-18,29,32,35H,3,10-12,19-28H2,(H,37,42)/t35-/m0/s1. The van der Waals surface area contributed by atoms with E-state index >= 15 is 0 Å². The van der Waals surface area contributed by atoms with Crippen molar-refractivity contribution in [2.24, 2.45) is 0 Å². The lowest BCUT2D eigenvalue weighted by atomic mass is 9.99. The highest BCUT2D eigenvalue weighted by Crippen LogP contribution is 2.32. The maximum atomic E-state index is 13.7. The maximum Gasteiger partial charge on any atom is 0.243 e. The van der Waals surface area contributed by atoms with Gasteiger partial charge in [0, 0.05) is 18.2 Å². The monoisotopic (exact) mass is 566 g/mol. The van der Waals surface area contributed by atoms with Crippen LogP contribution in [0, 0.1) is 0 Å². The zero-order valence-corrected chi connectivity index (χ0v) is 24.9. The average Bonchev–Trinajstić information content (AvgIpc) is 3.06. The zero-order valence-electron chi connectivity index (χ0n) is 24.9. The molecule has 0 aromatic heterocycles.